The Morgan fingerprint density at radius 3 is 2.50 bits per heavy atom. The third kappa shape index (κ3) is 3.42. The molecule has 6 heteroatoms. The van der Waals surface area contributed by atoms with Gasteiger partial charge in [0, 0.05) is 18.7 Å². The fraction of sp³-hybridized carbons (Fsp3) is 0. The SMILES string of the molecule is N#Cc1ccc(Sc2cc(Br)ccc2C(=O)O)c(Br)c1. The van der Waals surface area contributed by atoms with Crippen molar-refractivity contribution >= 4 is 49.6 Å². The van der Waals surface area contributed by atoms with E-state index in [4.69, 9.17) is 5.26 Å². The molecule has 20 heavy (non-hydrogen) atoms. The van der Waals surface area contributed by atoms with Gasteiger partial charge in [0.1, 0.15) is 0 Å². The number of halogens is 2. The first-order chi connectivity index (χ1) is 9.51. The molecule has 0 aliphatic rings. The Hall–Kier alpha value is -1.29. The lowest BCUT2D eigenvalue weighted by molar-refractivity contribution is 0.0693. The van der Waals surface area contributed by atoms with E-state index in [2.05, 4.69) is 37.9 Å². The van der Waals surface area contributed by atoms with E-state index in [1.807, 2.05) is 0 Å². The molecule has 100 valence electrons. The van der Waals surface area contributed by atoms with E-state index in [9.17, 15) is 9.90 Å². The lowest BCUT2D eigenvalue weighted by Crippen LogP contribution is -1.98. The third-order valence-corrected chi connectivity index (χ3v) is 5.00. The Balaban J connectivity index is 2.42. The highest BCUT2D eigenvalue weighted by atomic mass is 79.9. The molecule has 0 bridgehead atoms. The quantitative estimate of drug-likeness (QED) is 0.775. The van der Waals surface area contributed by atoms with E-state index in [-0.39, 0.29) is 5.56 Å². The van der Waals surface area contributed by atoms with E-state index in [1.54, 1.807) is 36.4 Å². The van der Waals surface area contributed by atoms with Crippen LogP contribution in [-0.4, -0.2) is 11.1 Å². The number of hydrogen-bond donors (Lipinski definition) is 1. The first-order valence-corrected chi connectivity index (χ1v) is 7.82. The van der Waals surface area contributed by atoms with Crippen LogP contribution in [0, 0.1) is 11.3 Å². The summed E-state index contributed by atoms with van der Waals surface area (Å²) in [6, 6.07) is 12.3. The van der Waals surface area contributed by atoms with Gasteiger partial charge in [0.15, 0.2) is 0 Å². The van der Waals surface area contributed by atoms with Crippen LogP contribution in [0.4, 0.5) is 0 Å². The van der Waals surface area contributed by atoms with Gasteiger partial charge in [-0.25, -0.2) is 4.79 Å². The molecular weight excluding hydrogens is 406 g/mol. The predicted molar refractivity (Wildman–Crippen MR) is 84.1 cm³/mol. The molecule has 2 rings (SSSR count). The zero-order valence-corrected chi connectivity index (χ0v) is 13.9. The minimum absolute atomic E-state index is 0.245. The minimum Gasteiger partial charge on any atom is -0.478 e. The molecule has 0 spiro atoms. The molecule has 0 heterocycles. The molecule has 0 aliphatic carbocycles. The molecule has 0 saturated heterocycles. The van der Waals surface area contributed by atoms with Crippen molar-refractivity contribution in [3.8, 4) is 6.07 Å². The number of carbonyl (C=O) groups is 1. The van der Waals surface area contributed by atoms with E-state index in [0.717, 1.165) is 13.8 Å². The number of hydrogen-bond acceptors (Lipinski definition) is 3. The summed E-state index contributed by atoms with van der Waals surface area (Å²) in [5.74, 6) is -0.968. The summed E-state index contributed by atoms with van der Waals surface area (Å²) >= 11 is 8.07. The Morgan fingerprint density at radius 2 is 1.90 bits per heavy atom. The summed E-state index contributed by atoms with van der Waals surface area (Å²) in [6.07, 6.45) is 0. The van der Waals surface area contributed by atoms with Crippen LogP contribution in [0.2, 0.25) is 0 Å². The third-order valence-electron chi connectivity index (χ3n) is 2.45. The Morgan fingerprint density at radius 1 is 1.15 bits per heavy atom. The lowest BCUT2D eigenvalue weighted by atomic mass is 10.2. The summed E-state index contributed by atoms with van der Waals surface area (Å²) in [5.41, 5.74) is 0.795. The van der Waals surface area contributed by atoms with Crippen molar-refractivity contribution in [2.75, 3.05) is 0 Å². The molecule has 0 aliphatic heterocycles. The van der Waals surface area contributed by atoms with Gasteiger partial charge in [0.25, 0.3) is 0 Å². The highest BCUT2D eigenvalue weighted by Crippen LogP contribution is 2.37. The molecule has 0 aromatic heterocycles. The first kappa shape index (κ1) is 15.1. The Bertz CT molecular complexity index is 726. The van der Waals surface area contributed by atoms with Crippen LogP contribution >= 0.6 is 43.6 Å². The van der Waals surface area contributed by atoms with Gasteiger partial charge in [-0.2, -0.15) is 5.26 Å². The molecule has 0 saturated carbocycles. The van der Waals surface area contributed by atoms with Gasteiger partial charge in [-0.1, -0.05) is 27.7 Å². The van der Waals surface area contributed by atoms with E-state index in [0.29, 0.717) is 10.5 Å². The van der Waals surface area contributed by atoms with Crippen molar-refractivity contribution in [2.24, 2.45) is 0 Å². The van der Waals surface area contributed by atoms with Crippen molar-refractivity contribution in [3.63, 3.8) is 0 Å². The molecule has 0 radical (unpaired) electrons. The van der Waals surface area contributed by atoms with Crippen LogP contribution < -0.4 is 0 Å². The maximum atomic E-state index is 11.2. The van der Waals surface area contributed by atoms with Crippen molar-refractivity contribution < 1.29 is 9.90 Å². The van der Waals surface area contributed by atoms with E-state index < -0.39 is 5.97 Å². The maximum Gasteiger partial charge on any atom is 0.336 e. The zero-order chi connectivity index (χ0) is 14.7. The van der Waals surface area contributed by atoms with Crippen LogP contribution in [0.25, 0.3) is 0 Å². The van der Waals surface area contributed by atoms with Crippen molar-refractivity contribution in [1.82, 2.24) is 0 Å². The van der Waals surface area contributed by atoms with Gasteiger partial charge in [-0.05, 0) is 52.3 Å². The Kier molecular flexibility index (Phi) is 4.86. The number of carboxylic acids is 1. The topological polar surface area (TPSA) is 61.1 Å². The number of carboxylic acid groups (broad SMARTS) is 1. The normalized spacial score (nSPS) is 10.1. The van der Waals surface area contributed by atoms with Crippen molar-refractivity contribution in [3.05, 3.63) is 56.5 Å². The average Bonchev–Trinajstić information content (AvgIpc) is 2.40. The summed E-state index contributed by atoms with van der Waals surface area (Å²) < 4.78 is 1.58. The zero-order valence-electron chi connectivity index (χ0n) is 9.93. The monoisotopic (exact) mass is 411 g/mol. The second-order valence-electron chi connectivity index (χ2n) is 3.80. The van der Waals surface area contributed by atoms with Crippen LogP contribution in [0.1, 0.15) is 15.9 Å². The van der Waals surface area contributed by atoms with Gasteiger partial charge in [-0.3, -0.25) is 0 Å². The fourth-order valence-corrected chi connectivity index (χ4v) is 3.64. The minimum atomic E-state index is -0.968. The summed E-state index contributed by atoms with van der Waals surface area (Å²) in [6.45, 7) is 0. The van der Waals surface area contributed by atoms with Crippen LogP contribution in [-0.2, 0) is 0 Å². The smallest absolute Gasteiger partial charge is 0.336 e. The molecular formula is C14H7Br2NO2S. The summed E-state index contributed by atoms with van der Waals surface area (Å²) in [4.78, 5) is 12.7. The first-order valence-electron chi connectivity index (χ1n) is 5.41. The molecule has 0 amide bonds. The largest absolute Gasteiger partial charge is 0.478 e. The molecule has 2 aromatic carbocycles. The summed E-state index contributed by atoms with van der Waals surface area (Å²) in [5, 5.41) is 18.0. The van der Waals surface area contributed by atoms with E-state index in [1.165, 1.54) is 11.8 Å². The molecule has 3 nitrogen and oxygen atoms in total. The van der Waals surface area contributed by atoms with Gasteiger partial charge >= 0.3 is 5.97 Å². The number of aromatic carboxylic acids is 1. The fourth-order valence-electron chi connectivity index (χ4n) is 1.53. The van der Waals surface area contributed by atoms with Crippen molar-refractivity contribution in [2.45, 2.75) is 9.79 Å². The van der Waals surface area contributed by atoms with Crippen LogP contribution in [0.3, 0.4) is 0 Å². The van der Waals surface area contributed by atoms with Crippen LogP contribution in [0.15, 0.2) is 55.1 Å². The standard InChI is InChI=1S/C14H7Br2NO2S/c15-9-2-3-10(14(18)19)13(6-9)20-12-4-1-8(7-17)5-11(12)16/h1-6H,(H,18,19). The average molecular weight is 413 g/mol. The molecule has 1 N–H and O–H groups in total. The highest BCUT2D eigenvalue weighted by Gasteiger charge is 2.13. The van der Waals surface area contributed by atoms with E-state index >= 15 is 0 Å². The predicted octanol–water partition coefficient (Wildman–Crippen LogP) is 4.93. The second kappa shape index (κ2) is 6.44. The number of benzene rings is 2. The van der Waals surface area contributed by atoms with Gasteiger partial charge in [0.05, 0.1) is 17.2 Å². The second-order valence-corrected chi connectivity index (χ2v) is 6.66. The number of nitriles is 1. The molecule has 0 unspecified atom stereocenters. The maximum absolute atomic E-state index is 11.2. The number of nitrogens with zero attached hydrogens (tertiary/aromatic N) is 1. The van der Waals surface area contributed by atoms with Gasteiger partial charge < -0.3 is 5.11 Å². The van der Waals surface area contributed by atoms with Gasteiger partial charge in [-0.15, -0.1) is 0 Å². The van der Waals surface area contributed by atoms with Crippen LogP contribution in [0.5, 0.6) is 0 Å². The van der Waals surface area contributed by atoms with Gasteiger partial charge in [0.2, 0.25) is 0 Å². The Labute approximate surface area is 136 Å². The molecule has 2 aromatic rings. The number of rotatable bonds is 3. The highest BCUT2D eigenvalue weighted by molar-refractivity contribution is 9.10. The lowest BCUT2D eigenvalue weighted by Gasteiger charge is -2.08. The molecule has 0 atom stereocenters. The summed E-state index contributed by atoms with van der Waals surface area (Å²) in [7, 11) is 0. The van der Waals surface area contributed by atoms with Crippen molar-refractivity contribution in [1.29, 1.82) is 5.26 Å². The molecule has 0 fully saturated rings.